The highest BCUT2D eigenvalue weighted by Crippen LogP contribution is 2.36. The van der Waals surface area contributed by atoms with E-state index >= 15 is 0 Å². The Labute approximate surface area is 108 Å². The molecule has 1 heterocycles. The van der Waals surface area contributed by atoms with Gasteiger partial charge >= 0.3 is 0 Å². The summed E-state index contributed by atoms with van der Waals surface area (Å²) in [4.78, 5) is 11.3. The highest BCUT2D eigenvalue weighted by atomic mass is 16.5. The highest BCUT2D eigenvalue weighted by molar-refractivity contribution is 5.79. The summed E-state index contributed by atoms with van der Waals surface area (Å²) in [6.45, 7) is 0.841. The molecule has 1 aliphatic carbocycles. The molecule has 0 saturated heterocycles. The van der Waals surface area contributed by atoms with Crippen LogP contribution in [0.3, 0.4) is 0 Å². The molecule has 0 amide bonds. The van der Waals surface area contributed by atoms with E-state index in [4.69, 9.17) is 4.74 Å². The Kier molecular flexibility index (Phi) is 3.46. The van der Waals surface area contributed by atoms with E-state index < -0.39 is 0 Å². The summed E-state index contributed by atoms with van der Waals surface area (Å²) in [5.41, 5.74) is 2.82. The maximum atomic E-state index is 11.3. The molecule has 1 saturated carbocycles. The Morgan fingerprint density at radius 2 is 1.89 bits per heavy atom. The van der Waals surface area contributed by atoms with Gasteiger partial charge in [-0.3, -0.25) is 4.79 Å². The van der Waals surface area contributed by atoms with Crippen molar-refractivity contribution in [2.75, 3.05) is 6.61 Å². The Morgan fingerprint density at radius 3 is 2.72 bits per heavy atom. The van der Waals surface area contributed by atoms with E-state index in [0.717, 1.165) is 45.1 Å². The quantitative estimate of drug-likeness (QED) is 0.796. The van der Waals surface area contributed by atoms with Gasteiger partial charge < -0.3 is 4.74 Å². The number of fused-ring (bicyclic) bond motifs is 1. The maximum Gasteiger partial charge on any atom is 0.132 e. The fraction of sp³-hybridized carbons (Fsp3) is 0.562. The van der Waals surface area contributed by atoms with Crippen molar-refractivity contribution in [1.29, 1.82) is 0 Å². The lowest BCUT2D eigenvalue weighted by Gasteiger charge is -2.30. The Bertz CT molecular complexity index is 428. The zero-order valence-electron chi connectivity index (χ0n) is 10.7. The first-order chi connectivity index (χ1) is 8.83. The van der Waals surface area contributed by atoms with Crippen molar-refractivity contribution < 1.29 is 9.53 Å². The van der Waals surface area contributed by atoms with Gasteiger partial charge in [0.2, 0.25) is 0 Å². The van der Waals surface area contributed by atoms with E-state index in [1.54, 1.807) is 0 Å². The lowest BCUT2D eigenvalue weighted by atomic mass is 9.82. The lowest BCUT2D eigenvalue weighted by molar-refractivity contribution is -0.121. The number of hydrogen-bond acceptors (Lipinski definition) is 2. The van der Waals surface area contributed by atoms with Gasteiger partial charge in [-0.15, -0.1) is 0 Å². The smallest absolute Gasteiger partial charge is 0.132 e. The van der Waals surface area contributed by atoms with Crippen molar-refractivity contribution in [1.82, 2.24) is 0 Å². The van der Waals surface area contributed by atoms with Crippen LogP contribution in [0.5, 0.6) is 0 Å². The van der Waals surface area contributed by atoms with E-state index in [9.17, 15) is 4.79 Å². The molecule has 18 heavy (non-hydrogen) atoms. The van der Waals surface area contributed by atoms with Gasteiger partial charge in [-0.1, -0.05) is 24.3 Å². The van der Waals surface area contributed by atoms with Crippen molar-refractivity contribution in [3.63, 3.8) is 0 Å². The number of ether oxygens (including phenoxy) is 1. The molecule has 0 N–H and O–H groups in total. The Morgan fingerprint density at radius 1 is 1.11 bits per heavy atom. The zero-order chi connectivity index (χ0) is 12.4. The first-order valence-electron chi connectivity index (χ1n) is 7.04. The van der Waals surface area contributed by atoms with Gasteiger partial charge in [-0.25, -0.2) is 0 Å². The van der Waals surface area contributed by atoms with Crippen molar-refractivity contribution in [3.05, 3.63) is 35.4 Å². The third-order valence-electron chi connectivity index (χ3n) is 4.30. The van der Waals surface area contributed by atoms with Crippen molar-refractivity contribution in [3.8, 4) is 0 Å². The summed E-state index contributed by atoms with van der Waals surface area (Å²) < 4.78 is 5.95. The van der Waals surface area contributed by atoms with Crippen LogP contribution in [0.25, 0.3) is 0 Å². The maximum absolute atomic E-state index is 11.3. The number of ketones is 1. The summed E-state index contributed by atoms with van der Waals surface area (Å²) in [5, 5.41) is 0. The van der Waals surface area contributed by atoms with Gasteiger partial charge in [-0.2, -0.15) is 0 Å². The Hall–Kier alpha value is -1.15. The molecule has 0 aromatic heterocycles. The molecule has 0 radical (unpaired) electrons. The number of rotatable bonds is 2. The van der Waals surface area contributed by atoms with Gasteiger partial charge in [0.1, 0.15) is 5.78 Å². The second-order valence-corrected chi connectivity index (χ2v) is 5.53. The fourth-order valence-corrected chi connectivity index (χ4v) is 3.21. The minimum atomic E-state index is 0.258. The highest BCUT2D eigenvalue weighted by Gasteiger charge is 2.26. The van der Waals surface area contributed by atoms with Gasteiger partial charge in [0, 0.05) is 12.8 Å². The normalized spacial score (nSPS) is 24.9. The number of hydrogen-bond donors (Lipinski definition) is 0. The van der Waals surface area contributed by atoms with Crippen LogP contribution in [0.4, 0.5) is 0 Å². The molecule has 2 heteroatoms. The molecule has 0 spiro atoms. The van der Waals surface area contributed by atoms with Gasteiger partial charge in [0.25, 0.3) is 0 Å². The molecule has 1 fully saturated rings. The average molecular weight is 244 g/mol. The van der Waals surface area contributed by atoms with Crippen LogP contribution in [0.1, 0.15) is 49.3 Å². The molecule has 1 aromatic carbocycles. The van der Waals surface area contributed by atoms with Crippen molar-refractivity contribution >= 4 is 5.78 Å². The number of Topliss-reactive ketones (excluding diaryl/α,β-unsaturated/α-hetero) is 1. The van der Waals surface area contributed by atoms with E-state index in [1.807, 2.05) is 0 Å². The molecule has 0 bridgehead atoms. The standard InChI is InChI=1S/C16H20O2/c17-14-7-5-12(6-8-14)11-16-15-4-2-1-3-13(15)9-10-18-16/h1-4,12,16H,5-11H2. The second-order valence-electron chi connectivity index (χ2n) is 5.53. The lowest BCUT2D eigenvalue weighted by Crippen LogP contribution is -2.21. The summed E-state index contributed by atoms with van der Waals surface area (Å²) in [6, 6.07) is 8.63. The number of benzene rings is 1. The Balaban J connectivity index is 1.69. The van der Waals surface area contributed by atoms with E-state index in [-0.39, 0.29) is 6.10 Å². The summed E-state index contributed by atoms with van der Waals surface area (Å²) in [6.07, 6.45) is 6.05. The topological polar surface area (TPSA) is 26.3 Å². The van der Waals surface area contributed by atoms with Crippen LogP contribution in [0, 0.1) is 5.92 Å². The summed E-state index contributed by atoms with van der Waals surface area (Å²) in [7, 11) is 0. The third kappa shape index (κ3) is 2.49. The third-order valence-corrected chi connectivity index (χ3v) is 4.30. The molecule has 1 unspecified atom stereocenters. The molecular weight excluding hydrogens is 224 g/mol. The van der Waals surface area contributed by atoms with Crippen molar-refractivity contribution in [2.24, 2.45) is 5.92 Å². The average Bonchev–Trinajstić information content (AvgIpc) is 2.42. The minimum absolute atomic E-state index is 0.258. The van der Waals surface area contributed by atoms with Gasteiger partial charge in [0.15, 0.2) is 0 Å². The van der Waals surface area contributed by atoms with Gasteiger partial charge in [-0.05, 0) is 42.7 Å². The summed E-state index contributed by atoms with van der Waals surface area (Å²) >= 11 is 0. The molecule has 1 aromatic rings. The predicted octanol–water partition coefficient (Wildman–Crippen LogP) is 3.45. The molecule has 2 aliphatic rings. The zero-order valence-corrected chi connectivity index (χ0v) is 10.7. The molecule has 1 aliphatic heterocycles. The summed E-state index contributed by atoms with van der Waals surface area (Å²) in [5.74, 6) is 1.11. The second kappa shape index (κ2) is 5.23. The monoisotopic (exact) mass is 244 g/mol. The molecular formula is C16H20O2. The fourth-order valence-electron chi connectivity index (χ4n) is 3.21. The molecule has 96 valence electrons. The van der Waals surface area contributed by atoms with E-state index in [0.29, 0.717) is 11.7 Å². The van der Waals surface area contributed by atoms with Crippen LogP contribution in [0.2, 0.25) is 0 Å². The minimum Gasteiger partial charge on any atom is -0.373 e. The largest absolute Gasteiger partial charge is 0.373 e. The number of carbonyl (C=O) groups is 1. The molecule has 3 rings (SSSR count). The van der Waals surface area contributed by atoms with E-state index in [2.05, 4.69) is 24.3 Å². The van der Waals surface area contributed by atoms with Crippen LogP contribution in [-0.2, 0) is 16.0 Å². The van der Waals surface area contributed by atoms with Crippen LogP contribution >= 0.6 is 0 Å². The molecule has 1 atom stereocenters. The van der Waals surface area contributed by atoms with Crippen LogP contribution in [0.15, 0.2) is 24.3 Å². The molecule has 2 nitrogen and oxygen atoms in total. The van der Waals surface area contributed by atoms with Crippen LogP contribution in [-0.4, -0.2) is 12.4 Å². The van der Waals surface area contributed by atoms with Crippen molar-refractivity contribution in [2.45, 2.75) is 44.6 Å². The SMILES string of the molecule is O=C1CCC(CC2OCCc3ccccc32)CC1. The number of carbonyl (C=O) groups excluding carboxylic acids is 1. The predicted molar refractivity (Wildman–Crippen MR) is 70.4 cm³/mol. The van der Waals surface area contributed by atoms with Crippen LogP contribution < -0.4 is 0 Å². The van der Waals surface area contributed by atoms with Gasteiger partial charge in [0.05, 0.1) is 12.7 Å². The van der Waals surface area contributed by atoms with E-state index in [1.165, 1.54) is 11.1 Å². The first-order valence-corrected chi connectivity index (χ1v) is 7.04. The first kappa shape index (κ1) is 11.9.